The van der Waals surface area contributed by atoms with E-state index in [-0.39, 0.29) is 5.91 Å². The fourth-order valence-corrected chi connectivity index (χ4v) is 5.25. The van der Waals surface area contributed by atoms with Crippen molar-refractivity contribution in [2.45, 2.75) is 52.5 Å². The number of rotatable bonds is 8. The monoisotopic (exact) mass is 471 g/mol. The number of carbonyl (C=O) groups excluding carboxylic acids is 1. The molecule has 2 saturated heterocycles. The molecule has 0 saturated carbocycles. The first kappa shape index (κ1) is 24.0. The second-order valence-electron chi connectivity index (χ2n) is 9.54. The van der Waals surface area contributed by atoms with E-state index in [9.17, 15) is 4.79 Å². The van der Waals surface area contributed by atoms with E-state index in [4.69, 9.17) is 17.0 Å². The first-order valence-electron chi connectivity index (χ1n) is 12.4. The minimum atomic E-state index is 0.215. The lowest BCUT2D eigenvalue weighted by Crippen LogP contribution is -2.45. The van der Waals surface area contributed by atoms with Gasteiger partial charge in [0.1, 0.15) is 5.75 Å². The normalized spacial score (nSPS) is 20.2. The van der Waals surface area contributed by atoms with Crippen LogP contribution in [0, 0.1) is 16.6 Å². The maximum absolute atomic E-state index is 13.1. The van der Waals surface area contributed by atoms with Gasteiger partial charge in [0.15, 0.2) is 10.6 Å². The molecule has 1 aromatic carbocycles. The average Bonchev–Trinajstić information content (AvgIpc) is 3.20. The van der Waals surface area contributed by atoms with E-state index in [0.29, 0.717) is 30.3 Å². The topological polar surface area (TPSA) is 66.4 Å². The largest absolute Gasteiger partial charge is 0.494 e. The quantitative estimate of drug-likeness (QED) is 0.579. The van der Waals surface area contributed by atoms with Gasteiger partial charge in [0.25, 0.3) is 0 Å². The third-order valence-electron chi connectivity index (χ3n) is 7.00. The number of hydrogen-bond acceptors (Lipinski definition) is 5. The molecule has 2 aliphatic rings. The standard InChI is InChI=1S/C25H37N5O2S/c1-3-32-22-8-6-21(7-9-22)24-26-27-25(33)30(24)16-12-23(31)29-13-4-5-20(18-29)17-28-14-10-19(2)11-15-28/h6-9,19-20H,3-5,10-18H2,1-2H3,(H,27,33). The van der Waals surface area contributed by atoms with Gasteiger partial charge in [-0.1, -0.05) is 6.92 Å². The number of likely N-dealkylation sites (tertiary alicyclic amines) is 2. The van der Waals surface area contributed by atoms with Crippen molar-refractivity contribution in [3.8, 4) is 17.1 Å². The molecule has 1 unspecified atom stereocenters. The summed E-state index contributed by atoms with van der Waals surface area (Å²) in [5.41, 5.74) is 0.951. The zero-order valence-electron chi connectivity index (χ0n) is 20.0. The Morgan fingerprint density at radius 3 is 2.67 bits per heavy atom. The number of ether oxygens (including phenoxy) is 1. The summed E-state index contributed by atoms with van der Waals surface area (Å²) in [4.78, 5) is 17.7. The number of carbonyl (C=O) groups is 1. The lowest BCUT2D eigenvalue weighted by atomic mass is 9.94. The van der Waals surface area contributed by atoms with Gasteiger partial charge in [-0.2, -0.15) is 5.10 Å². The van der Waals surface area contributed by atoms with Crippen molar-refractivity contribution in [2.24, 2.45) is 11.8 Å². The van der Waals surface area contributed by atoms with Crippen molar-refractivity contribution in [2.75, 3.05) is 39.3 Å². The fourth-order valence-electron chi connectivity index (χ4n) is 5.03. The first-order chi connectivity index (χ1) is 16.0. The minimum absolute atomic E-state index is 0.215. The van der Waals surface area contributed by atoms with Gasteiger partial charge >= 0.3 is 0 Å². The molecule has 180 valence electrons. The number of aromatic nitrogens is 3. The van der Waals surface area contributed by atoms with Gasteiger partial charge in [-0.3, -0.25) is 14.5 Å². The lowest BCUT2D eigenvalue weighted by Gasteiger charge is -2.38. The molecule has 1 aromatic heterocycles. The van der Waals surface area contributed by atoms with Gasteiger partial charge in [-0.05, 0) is 94.0 Å². The number of nitrogens with zero attached hydrogens (tertiary/aromatic N) is 4. The Morgan fingerprint density at radius 2 is 1.94 bits per heavy atom. The van der Waals surface area contributed by atoms with E-state index in [1.807, 2.05) is 35.8 Å². The number of amides is 1. The fraction of sp³-hybridized carbons (Fsp3) is 0.640. The molecular weight excluding hydrogens is 434 g/mol. The molecule has 3 heterocycles. The van der Waals surface area contributed by atoms with Crippen molar-refractivity contribution in [1.82, 2.24) is 24.6 Å². The van der Waals surface area contributed by atoms with Crippen molar-refractivity contribution in [3.63, 3.8) is 0 Å². The van der Waals surface area contributed by atoms with Crippen LogP contribution in [0.15, 0.2) is 24.3 Å². The Kier molecular flexibility index (Phi) is 8.20. The molecular formula is C25H37N5O2S. The Morgan fingerprint density at radius 1 is 1.18 bits per heavy atom. The van der Waals surface area contributed by atoms with Crippen molar-refractivity contribution in [3.05, 3.63) is 29.0 Å². The van der Waals surface area contributed by atoms with Crippen molar-refractivity contribution >= 4 is 18.1 Å². The number of benzene rings is 1. The van der Waals surface area contributed by atoms with Gasteiger partial charge in [0.05, 0.1) is 6.61 Å². The molecule has 0 spiro atoms. The van der Waals surface area contributed by atoms with Gasteiger partial charge in [0, 0.05) is 38.2 Å². The van der Waals surface area contributed by atoms with E-state index >= 15 is 0 Å². The summed E-state index contributed by atoms with van der Waals surface area (Å²) in [5.74, 6) is 3.25. The summed E-state index contributed by atoms with van der Waals surface area (Å²) < 4.78 is 8.00. The summed E-state index contributed by atoms with van der Waals surface area (Å²) in [6.45, 7) is 10.8. The molecule has 0 radical (unpaired) electrons. The highest BCUT2D eigenvalue weighted by atomic mass is 32.1. The molecule has 4 rings (SSSR count). The van der Waals surface area contributed by atoms with E-state index in [1.165, 1.54) is 32.4 Å². The van der Waals surface area contributed by atoms with Crippen LogP contribution >= 0.6 is 12.2 Å². The van der Waals surface area contributed by atoms with Gasteiger partial charge < -0.3 is 14.5 Å². The molecule has 1 amide bonds. The molecule has 8 heteroatoms. The highest BCUT2D eigenvalue weighted by Gasteiger charge is 2.26. The molecule has 0 aliphatic carbocycles. The Hall–Kier alpha value is -2.19. The van der Waals surface area contributed by atoms with Crippen LogP contribution < -0.4 is 4.74 Å². The maximum Gasteiger partial charge on any atom is 0.224 e. The third kappa shape index (κ3) is 6.23. The highest BCUT2D eigenvalue weighted by molar-refractivity contribution is 7.71. The van der Waals surface area contributed by atoms with E-state index in [1.54, 1.807) is 0 Å². The van der Waals surface area contributed by atoms with Crippen LogP contribution in [0.5, 0.6) is 5.75 Å². The second-order valence-corrected chi connectivity index (χ2v) is 9.93. The van der Waals surface area contributed by atoms with Crippen LogP contribution in [-0.4, -0.2) is 69.8 Å². The third-order valence-corrected chi connectivity index (χ3v) is 7.31. The number of aromatic amines is 1. The Balaban J connectivity index is 1.33. The first-order valence-corrected chi connectivity index (χ1v) is 12.8. The smallest absolute Gasteiger partial charge is 0.224 e. The van der Waals surface area contributed by atoms with Crippen LogP contribution in [0.3, 0.4) is 0 Å². The predicted octanol–water partition coefficient (Wildman–Crippen LogP) is 4.37. The van der Waals surface area contributed by atoms with E-state index < -0.39 is 0 Å². The van der Waals surface area contributed by atoms with Crippen LogP contribution in [0.2, 0.25) is 0 Å². The van der Waals surface area contributed by atoms with Gasteiger partial charge in [0.2, 0.25) is 5.91 Å². The predicted molar refractivity (Wildman–Crippen MR) is 133 cm³/mol. The molecule has 1 atom stereocenters. The SMILES string of the molecule is CCOc1ccc(-c2n[nH]c(=S)n2CCC(=O)N2CCCC(CN3CCC(C)CC3)C2)cc1. The lowest BCUT2D eigenvalue weighted by molar-refractivity contribution is -0.133. The highest BCUT2D eigenvalue weighted by Crippen LogP contribution is 2.24. The van der Waals surface area contributed by atoms with Crippen LogP contribution in [0.4, 0.5) is 0 Å². The van der Waals surface area contributed by atoms with E-state index in [0.717, 1.165) is 49.1 Å². The summed E-state index contributed by atoms with van der Waals surface area (Å²) >= 11 is 5.46. The van der Waals surface area contributed by atoms with Crippen LogP contribution in [0.1, 0.15) is 46.0 Å². The van der Waals surface area contributed by atoms with E-state index in [2.05, 4.69) is 26.9 Å². The molecule has 33 heavy (non-hydrogen) atoms. The molecule has 2 aliphatic heterocycles. The summed E-state index contributed by atoms with van der Waals surface area (Å²) in [6, 6.07) is 7.82. The number of H-pyrrole nitrogens is 1. The molecule has 2 aromatic rings. The summed E-state index contributed by atoms with van der Waals surface area (Å²) in [7, 11) is 0. The second kappa shape index (κ2) is 11.3. The summed E-state index contributed by atoms with van der Waals surface area (Å²) in [6.07, 6.45) is 5.37. The molecule has 0 bridgehead atoms. The Bertz CT molecular complexity index is 962. The number of piperidine rings is 2. The average molecular weight is 472 g/mol. The number of nitrogens with one attached hydrogen (secondary N) is 1. The molecule has 7 nitrogen and oxygen atoms in total. The minimum Gasteiger partial charge on any atom is -0.494 e. The maximum atomic E-state index is 13.1. The van der Waals surface area contributed by atoms with Crippen LogP contribution in [0.25, 0.3) is 11.4 Å². The number of hydrogen-bond donors (Lipinski definition) is 1. The van der Waals surface area contributed by atoms with Gasteiger partial charge in [-0.15, -0.1) is 0 Å². The zero-order valence-corrected chi connectivity index (χ0v) is 20.8. The van der Waals surface area contributed by atoms with Gasteiger partial charge in [-0.25, -0.2) is 0 Å². The zero-order chi connectivity index (χ0) is 23.2. The van der Waals surface area contributed by atoms with Crippen molar-refractivity contribution < 1.29 is 9.53 Å². The molecule has 1 N–H and O–H groups in total. The van der Waals surface area contributed by atoms with Crippen molar-refractivity contribution in [1.29, 1.82) is 0 Å². The summed E-state index contributed by atoms with van der Waals surface area (Å²) in [5, 5.41) is 7.30. The van der Waals surface area contributed by atoms with Crippen LogP contribution in [-0.2, 0) is 11.3 Å². The molecule has 2 fully saturated rings. The Labute approximate surface area is 202 Å².